The second kappa shape index (κ2) is 5.92. The van der Waals surface area contributed by atoms with Crippen LogP contribution in [0.25, 0.3) is 0 Å². The second-order valence-electron chi connectivity index (χ2n) is 4.96. The molecule has 0 aliphatic heterocycles. The lowest BCUT2D eigenvalue weighted by molar-refractivity contribution is -0.129. The fraction of sp³-hybridized carbons (Fsp3) is 0.600. The average molecular weight is 262 g/mol. The van der Waals surface area contributed by atoms with Crippen LogP contribution < -0.4 is 5.32 Å². The minimum atomic E-state index is -0.930. The Kier molecular flexibility index (Phi) is 4.77. The molecule has 4 heteroatoms. The van der Waals surface area contributed by atoms with Gasteiger partial charge in [0, 0.05) is 5.56 Å². The molecule has 1 atom stereocenters. The van der Waals surface area contributed by atoms with Gasteiger partial charge in [-0.05, 0) is 39.7 Å². The first-order valence-electron chi connectivity index (χ1n) is 6.69. The Morgan fingerprint density at radius 1 is 1.47 bits per heavy atom. The summed E-state index contributed by atoms with van der Waals surface area (Å²) < 4.78 is 5.47. The lowest BCUT2D eigenvalue weighted by atomic mass is 9.82. The highest BCUT2D eigenvalue weighted by Gasteiger charge is 2.35. The molecule has 0 aromatic carbocycles. The molecule has 0 bridgehead atoms. The van der Waals surface area contributed by atoms with Gasteiger partial charge in [0.15, 0.2) is 0 Å². The summed E-state index contributed by atoms with van der Waals surface area (Å²) in [4.78, 5) is 12.3. The van der Waals surface area contributed by atoms with Crippen molar-refractivity contribution in [2.75, 3.05) is 0 Å². The number of nitriles is 1. The summed E-state index contributed by atoms with van der Waals surface area (Å²) in [6.07, 6.45) is 1.03. The molecule has 1 rings (SSSR count). The average Bonchev–Trinajstić information content (AvgIpc) is 2.71. The van der Waals surface area contributed by atoms with E-state index in [9.17, 15) is 10.1 Å². The first-order chi connectivity index (χ1) is 8.90. The van der Waals surface area contributed by atoms with Crippen LogP contribution in [0.15, 0.2) is 10.5 Å². The zero-order valence-corrected chi connectivity index (χ0v) is 12.3. The number of amides is 1. The van der Waals surface area contributed by atoms with Crippen molar-refractivity contribution >= 4 is 5.91 Å². The second-order valence-corrected chi connectivity index (χ2v) is 4.96. The molecular weight excluding hydrogens is 240 g/mol. The normalized spacial score (nSPS) is 12.8. The highest BCUT2D eigenvalue weighted by Crippen LogP contribution is 2.28. The summed E-state index contributed by atoms with van der Waals surface area (Å²) in [5.74, 6) is 1.43. The maximum absolute atomic E-state index is 12.3. The van der Waals surface area contributed by atoms with Gasteiger partial charge in [0.25, 0.3) is 0 Å². The molecule has 1 unspecified atom stereocenters. The molecule has 0 saturated carbocycles. The molecule has 1 aromatic heterocycles. The predicted molar refractivity (Wildman–Crippen MR) is 73.4 cm³/mol. The van der Waals surface area contributed by atoms with Gasteiger partial charge < -0.3 is 9.73 Å². The molecule has 0 fully saturated rings. The number of furan rings is 1. The van der Waals surface area contributed by atoms with Crippen molar-refractivity contribution < 1.29 is 9.21 Å². The summed E-state index contributed by atoms with van der Waals surface area (Å²) in [5.41, 5.74) is 0.0332. The first kappa shape index (κ1) is 15.3. The van der Waals surface area contributed by atoms with Crippen molar-refractivity contribution in [1.82, 2.24) is 5.32 Å². The van der Waals surface area contributed by atoms with E-state index in [0.717, 1.165) is 17.1 Å². The van der Waals surface area contributed by atoms with Crippen molar-refractivity contribution in [3.63, 3.8) is 0 Å². The van der Waals surface area contributed by atoms with Gasteiger partial charge in [-0.3, -0.25) is 4.79 Å². The minimum absolute atomic E-state index is 0.157. The molecule has 0 aliphatic rings. The van der Waals surface area contributed by atoms with Gasteiger partial charge in [-0.2, -0.15) is 5.26 Å². The SMILES string of the molecule is CCC(C#N)(CC)C(=O)NC(C)c1cc(C)oc1C. The quantitative estimate of drug-likeness (QED) is 0.884. The lowest BCUT2D eigenvalue weighted by Crippen LogP contribution is -2.40. The van der Waals surface area contributed by atoms with Crippen LogP contribution in [0.2, 0.25) is 0 Å². The molecule has 104 valence electrons. The smallest absolute Gasteiger partial charge is 0.240 e. The number of carbonyl (C=O) groups is 1. The van der Waals surface area contributed by atoms with Crippen LogP contribution in [-0.2, 0) is 4.79 Å². The Balaban J connectivity index is 2.88. The monoisotopic (exact) mass is 262 g/mol. The van der Waals surface area contributed by atoms with Gasteiger partial charge in [0.2, 0.25) is 5.91 Å². The van der Waals surface area contributed by atoms with Crippen LogP contribution in [0.3, 0.4) is 0 Å². The number of hydrogen-bond donors (Lipinski definition) is 1. The first-order valence-corrected chi connectivity index (χ1v) is 6.69. The number of hydrogen-bond acceptors (Lipinski definition) is 3. The summed E-state index contributed by atoms with van der Waals surface area (Å²) in [7, 11) is 0. The zero-order valence-electron chi connectivity index (χ0n) is 12.3. The summed E-state index contributed by atoms with van der Waals surface area (Å²) in [6.45, 7) is 9.39. The molecule has 1 aromatic rings. The molecule has 0 aliphatic carbocycles. The lowest BCUT2D eigenvalue weighted by Gasteiger charge is -2.24. The fourth-order valence-corrected chi connectivity index (χ4v) is 2.27. The molecular formula is C15H22N2O2. The van der Waals surface area contributed by atoms with E-state index in [2.05, 4.69) is 11.4 Å². The Morgan fingerprint density at radius 2 is 2.05 bits per heavy atom. The third-order valence-electron chi connectivity index (χ3n) is 3.75. The molecule has 1 amide bonds. The number of nitrogens with one attached hydrogen (secondary N) is 1. The fourth-order valence-electron chi connectivity index (χ4n) is 2.27. The van der Waals surface area contributed by atoms with E-state index in [1.54, 1.807) is 0 Å². The van der Waals surface area contributed by atoms with Crippen molar-refractivity contribution in [1.29, 1.82) is 5.26 Å². The maximum Gasteiger partial charge on any atom is 0.240 e. The van der Waals surface area contributed by atoms with Gasteiger partial charge in [0.05, 0.1) is 12.1 Å². The van der Waals surface area contributed by atoms with Crippen molar-refractivity contribution in [3.8, 4) is 6.07 Å². The van der Waals surface area contributed by atoms with Crippen molar-refractivity contribution in [2.24, 2.45) is 5.41 Å². The third kappa shape index (κ3) is 2.98. The van der Waals surface area contributed by atoms with Crippen LogP contribution in [0.5, 0.6) is 0 Å². The number of rotatable bonds is 5. The van der Waals surface area contributed by atoms with Crippen LogP contribution >= 0.6 is 0 Å². The highest BCUT2D eigenvalue weighted by atomic mass is 16.3. The third-order valence-corrected chi connectivity index (χ3v) is 3.75. The van der Waals surface area contributed by atoms with Crippen molar-refractivity contribution in [3.05, 3.63) is 23.2 Å². The minimum Gasteiger partial charge on any atom is -0.466 e. The van der Waals surface area contributed by atoms with Crippen LogP contribution in [-0.4, -0.2) is 5.91 Å². The number of nitrogens with zero attached hydrogens (tertiary/aromatic N) is 1. The van der Waals surface area contributed by atoms with E-state index in [1.807, 2.05) is 40.7 Å². The number of carbonyl (C=O) groups excluding carboxylic acids is 1. The Labute approximate surface area is 114 Å². The molecule has 4 nitrogen and oxygen atoms in total. The summed E-state index contributed by atoms with van der Waals surface area (Å²) in [5, 5.41) is 12.2. The molecule has 0 radical (unpaired) electrons. The molecule has 1 heterocycles. The molecule has 0 saturated heterocycles. The van der Waals surface area contributed by atoms with Crippen LogP contribution in [0.4, 0.5) is 0 Å². The van der Waals surface area contributed by atoms with E-state index in [0.29, 0.717) is 12.8 Å². The van der Waals surface area contributed by atoms with Crippen LogP contribution in [0.1, 0.15) is 56.7 Å². The Bertz CT molecular complexity index is 493. The number of aryl methyl sites for hydroxylation is 2. The predicted octanol–water partition coefficient (Wildman–Crippen LogP) is 3.40. The molecule has 1 N–H and O–H groups in total. The van der Waals surface area contributed by atoms with Crippen molar-refractivity contribution in [2.45, 2.75) is 53.5 Å². The molecule has 0 spiro atoms. The topological polar surface area (TPSA) is 66.0 Å². The van der Waals surface area contributed by atoms with Gasteiger partial charge in [0.1, 0.15) is 16.9 Å². The standard InChI is InChI=1S/C15H22N2O2/c1-6-15(7-2,9-16)14(18)17-11(4)13-8-10(3)19-12(13)5/h8,11H,6-7H2,1-5H3,(H,17,18). The largest absolute Gasteiger partial charge is 0.466 e. The highest BCUT2D eigenvalue weighted by molar-refractivity contribution is 5.85. The molecule has 19 heavy (non-hydrogen) atoms. The van der Waals surface area contributed by atoms with Gasteiger partial charge in [-0.1, -0.05) is 13.8 Å². The zero-order chi connectivity index (χ0) is 14.6. The van der Waals surface area contributed by atoms with E-state index in [4.69, 9.17) is 4.42 Å². The Hall–Kier alpha value is -1.76. The van der Waals surface area contributed by atoms with Crippen LogP contribution in [0, 0.1) is 30.6 Å². The van der Waals surface area contributed by atoms with E-state index >= 15 is 0 Å². The van der Waals surface area contributed by atoms with E-state index < -0.39 is 5.41 Å². The maximum atomic E-state index is 12.3. The summed E-state index contributed by atoms with van der Waals surface area (Å²) >= 11 is 0. The Morgan fingerprint density at radius 3 is 2.42 bits per heavy atom. The summed E-state index contributed by atoms with van der Waals surface area (Å²) in [6, 6.07) is 3.92. The van der Waals surface area contributed by atoms with Gasteiger partial charge in [-0.25, -0.2) is 0 Å². The van der Waals surface area contributed by atoms with Gasteiger partial charge >= 0.3 is 0 Å². The van der Waals surface area contributed by atoms with E-state index in [-0.39, 0.29) is 11.9 Å². The van der Waals surface area contributed by atoms with E-state index in [1.165, 1.54) is 0 Å². The van der Waals surface area contributed by atoms with Gasteiger partial charge in [-0.15, -0.1) is 0 Å².